The van der Waals surface area contributed by atoms with E-state index in [0.29, 0.717) is 5.75 Å². The van der Waals surface area contributed by atoms with Crippen LogP contribution in [0, 0.1) is 5.92 Å². The van der Waals surface area contributed by atoms with Gasteiger partial charge < -0.3 is 24.6 Å². The molecular formula is C14H21NO4. The Kier molecular flexibility index (Phi) is 4.50. The number of hydrogen-bond donors (Lipinski definition) is 2. The molecule has 1 aliphatic rings. The molecule has 0 amide bonds. The Labute approximate surface area is 113 Å². The molecule has 106 valence electrons. The minimum absolute atomic E-state index is 0.149. The van der Waals surface area contributed by atoms with Crippen LogP contribution in [-0.2, 0) is 0 Å². The molecule has 0 aromatic heterocycles. The van der Waals surface area contributed by atoms with Crippen LogP contribution < -0.4 is 19.5 Å². The first-order chi connectivity index (χ1) is 9.24. The first-order valence-electron chi connectivity index (χ1n) is 6.36. The summed E-state index contributed by atoms with van der Waals surface area (Å²) in [6.07, 6.45) is 0. The van der Waals surface area contributed by atoms with Crippen molar-refractivity contribution in [2.45, 2.75) is 5.92 Å². The Hall–Kier alpha value is -1.46. The fraction of sp³-hybridized carbons (Fsp3) is 0.571. The molecule has 2 unspecified atom stereocenters. The summed E-state index contributed by atoms with van der Waals surface area (Å²) >= 11 is 0. The third-order valence-corrected chi connectivity index (χ3v) is 3.70. The summed E-state index contributed by atoms with van der Waals surface area (Å²) in [6, 6.07) is 3.70. The third-order valence-electron chi connectivity index (χ3n) is 3.70. The Morgan fingerprint density at radius 3 is 2.21 bits per heavy atom. The van der Waals surface area contributed by atoms with Gasteiger partial charge in [0.1, 0.15) is 17.2 Å². The van der Waals surface area contributed by atoms with Gasteiger partial charge in [-0.05, 0) is 0 Å². The van der Waals surface area contributed by atoms with Crippen LogP contribution in [0.2, 0.25) is 0 Å². The van der Waals surface area contributed by atoms with Gasteiger partial charge in [0.05, 0.1) is 21.3 Å². The average molecular weight is 267 g/mol. The van der Waals surface area contributed by atoms with E-state index < -0.39 is 0 Å². The maximum atomic E-state index is 9.48. The zero-order valence-corrected chi connectivity index (χ0v) is 11.6. The predicted molar refractivity (Wildman–Crippen MR) is 72.3 cm³/mol. The molecule has 2 rings (SSSR count). The van der Waals surface area contributed by atoms with Crippen LogP contribution in [0.15, 0.2) is 12.1 Å². The van der Waals surface area contributed by atoms with E-state index in [1.54, 1.807) is 21.3 Å². The van der Waals surface area contributed by atoms with E-state index in [0.717, 1.165) is 30.2 Å². The molecule has 19 heavy (non-hydrogen) atoms. The van der Waals surface area contributed by atoms with Crippen molar-refractivity contribution in [3.8, 4) is 17.2 Å². The minimum Gasteiger partial charge on any atom is -0.496 e. The van der Waals surface area contributed by atoms with Crippen LogP contribution >= 0.6 is 0 Å². The van der Waals surface area contributed by atoms with Crippen molar-refractivity contribution < 1.29 is 19.3 Å². The average Bonchev–Trinajstić information content (AvgIpc) is 2.93. The first kappa shape index (κ1) is 14.0. The third kappa shape index (κ3) is 2.62. The normalized spacial score (nSPS) is 22.3. The molecular weight excluding hydrogens is 246 g/mol. The van der Waals surface area contributed by atoms with Crippen LogP contribution in [0.4, 0.5) is 0 Å². The second-order valence-corrected chi connectivity index (χ2v) is 4.65. The van der Waals surface area contributed by atoms with Gasteiger partial charge in [0.15, 0.2) is 0 Å². The Morgan fingerprint density at radius 1 is 1.11 bits per heavy atom. The standard InChI is InChI=1S/C14H21NO4/c1-17-10-4-12(18-2)14(13(5-10)19-3)11-7-15-6-9(11)8-16/h4-5,9,11,15-16H,6-8H2,1-3H3. The second-order valence-electron chi connectivity index (χ2n) is 4.65. The number of ether oxygens (including phenoxy) is 3. The zero-order chi connectivity index (χ0) is 13.8. The molecule has 5 nitrogen and oxygen atoms in total. The SMILES string of the molecule is COc1cc(OC)c(C2CNCC2CO)c(OC)c1. The van der Waals surface area contributed by atoms with Crippen molar-refractivity contribution in [1.29, 1.82) is 0 Å². The molecule has 1 saturated heterocycles. The topological polar surface area (TPSA) is 60.0 Å². The van der Waals surface area contributed by atoms with E-state index in [-0.39, 0.29) is 18.4 Å². The van der Waals surface area contributed by atoms with E-state index in [1.807, 2.05) is 12.1 Å². The lowest BCUT2D eigenvalue weighted by Crippen LogP contribution is -2.16. The van der Waals surface area contributed by atoms with E-state index in [2.05, 4.69) is 5.32 Å². The largest absolute Gasteiger partial charge is 0.496 e. The van der Waals surface area contributed by atoms with Crippen molar-refractivity contribution >= 4 is 0 Å². The monoisotopic (exact) mass is 267 g/mol. The second kappa shape index (κ2) is 6.12. The van der Waals surface area contributed by atoms with Gasteiger partial charge in [-0.3, -0.25) is 0 Å². The van der Waals surface area contributed by atoms with E-state index in [4.69, 9.17) is 14.2 Å². The highest BCUT2D eigenvalue weighted by atomic mass is 16.5. The summed E-state index contributed by atoms with van der Waals surface area (Å²) in [5, 5.41) is 12.8. The molecule has 1 aliphatic heterocycles. The Balaban J connectivity index is 2.47. The maximum Gasteiger partial charge on any atom is 0.129 e. The van der Waals surface area contributed by atoms with Gasteiger partial charge in [-0.2, -0.15) is 0 Å². The highest BCUT2D eigenvalue weighted by molar-refractivity contribution is 5.53. The number of aliphatic hydroxyl groups excluding tert-OH is 1. The number of methoxy groups -OCH3 is 3. The smallest absolute Gasteiger partial charge is 0.129 e. The molecule has 1 aromatic rings. The number of benzene rings is 1. The number of rotatable bonds is 5. The molecule has 0 aliphatic carbocycles. The van der Waals surface area contributed by atoms with Crippen molar-refractivity contribution in [3.05, 3.63) is 17.7 Å². The zero-order valence-electron chi connectivity index (χ0n) is 11.6. The molecule has 0 spiro atoms. The minimum atomic E-state index is 0.149. The van der Waals surface area contributed by atoms with Gasteiger partial charge in [-0.15, -0.1) is 0 Å². The first-order valence-corrected chi connectivity index (χ1v) is 6.36. The van der Waals surface area contributed by atoms with Crippen molar-refractivity contribution in [2.24, 2.45) is 5.92 Å². The Bertz CT molecular complexity index is 410. The summed E-state index contributed by atoms with van der Waals surface area (Å²) in [5.74, 6) is 2.53. The molecule has 1 heterocycles. The van der Waals surface area contributed by atoms with Gasteiger partial charge >= 0.3 is 0 Å². The molecule has 2 N–H and O–H groups in total. The fourth-order valence-electron chi connectivity index (χ4n) is 2.66. The molecule has 5 heteroatoms. The molecule has 1 aromatic carbocycles. The van der Waals surface area contributed by atoms with Crippen LogP contribution in [0.25, 0.3) is 0 Å². The number of aliphatic hydroxyl groups is 1. The van der Waals surface area contributed by atoms with Crippen LogP contribution in [0.1, 0.15) is 11.5 Å². The van der Waals surface area contributed by atoms with Gasteiger partial charge in [0.25, 0.3) is 0 Å². The highest BCUT2D eigenvalue weighted by Crippen LogP contribution is 2.42. The van der Waals surface area contributed by atoms with Crippen molar-refractivity contribution in [3.63, 3.8) is 0 Å². The molecule has 2 atom stereocenters. The maximum absolute atomic E-state index is 9.48. The van der Waals surface area contributed by atoms with Gasteiger partial charge in [-0.25, -0.2) is 0 Å². The summed E-state index contributed by atoms with van der Waals surface area (Å²) in [7, 11) is 4.88. The van der Waals surface area contributed by atoms with Crippen LogP contribution in [0.3, 0.4) is 0 Å². The summed E-state index contributed by atoms with van der Waals surface area (Å²) in [4.78, 5) is 0. The summed E-state index contributed by atoms with van der Waals surface area (Å²) in [6.45, 7) is 1.76. The van der Waals surface area contributed by atoms with E-state index in [1.165, 1.54) is 0 Å². The number of nitrogens with one attached hydrogen (secondary N) is 1. The molecule has 0 radical (unpaired) electrons. The molecule has 1 fully saturated rings. The lowest BCUT2D eigenvalue weighted by Gasteiger charge is -2.22. The van der Waals surface area contributed by atoms with Crippen LogP contribution in [-0.4, -0.2) is 46.1 Å². The molecule has 0 saturated carbocycles. The highest BCUT2D eigenvalue weighted by Gasteiger charge is 2.32. The van der Waals surface area contributed by atoms with Gasteiger partial charge in [0.2, 0.25) is 0 Å². The predicted octanol–water partition coefficient (Wildman–Crippen LogP) is 1.01. The quantitative estimate of drug-likeness (QED) is 0.833. The van der Waals surface area contributed by atoms with E-state index >= 15 is 0 Å². The number of hydrogen-bond acceptors (Lipinski definition) is 5. The molecule has 0 bridgehead atoms. The van der Waals surface area contributed by atoms with Gasteiger partial charge in [0, 0.05) is 49.2 Å². The summed E-state index contributed by atoms with van der Waals surface area (Å²) in [5.41, 5.74) is 0.995. The van der Waals surface area contributed by atoms with Crippen molar-refractivity contribution in [2.75, 3.05) is 41.0 Å². The van der Waals surface area contributed by atoms with Crippen molar-refractivity contribution in [1.82, 2.24) is 5.32 Å². The van der Waals surface area contributed by atoms with Crippen LogP contribution in [0.5, 0.6) is 17.2 Å². The fourth-order valence-corrected chi connectivity index (χ4v) is 2.66. The van der Waals surface area contributed by atoms with E-state index in [9.17, 15) is 5.11 Å². The summed E-state index contributed by atoms with van der Waals surface area (Å²) < 4.78 is 16.2. The Morgan fingerprint density at radius 2 is 1.74 bits per heavy atom. The van der Waals surface area contributed by atoms with Gasteiger partial charge in [-0.1, -0.05) is 0 Å². The lowest BCUT2D eigenvalue weighted by molar-refractivity contribution is 0.223. The lowest BCUT2D eigenvalue weighted by atomic mass is 9.88.